The molecular weight excluding hydrogens is 338 g/mol. The van der Waals surface area contributed by atoms with Crippen molar-refractivity contribution in [2.24, 2.45) is 0 Å². The molecule has 0 saturated carbocycles. The summed E-state index contributed by atoms with van der Waals surface area (Å²) < 4.78 is 5.56. The van der Waals surface area contributed by atoms with Crippen LogP contribution in [-0.4, -0.2) is 28.2 Å². The van der Waals surface area contributed by atoms with Crippen molar-refractivity contribution in [2.45, 2.75) is 63.3 Å². The Morgan fingerprint density at radius 1 is 1.07 bits per heavy atom. The highest BCUT2D eigenvalue weighted by Crippen LogP contribution is 2.46. The molecule has 2 aromatic rings. The molecule has 0 spiro atoms. The van der Waals surface area contributed by atoms with Crippen LogP contribution in [0.2, 0.25) is 0 Å². The number of ether oxygens (including phenoxy) is 1. The van der Waals surface area contributed by atoms with Crippen molar-refractivity contribution in [1.82, 2.24) is 4.90 Å². The van der Waals surface area contributed by atoms with E-state index in [2.05, 4.69) is 19.1 Å². The number of hydrogen-bond acceptors (Lipinski definition) is 3. The summed E-state index contributed by atoms with van der Waals surface area (Å²) in [5, 5.41) is 11.4. The first-order valence-corrected chi connectivity index (χ1v) is 9.90. The molecule has 2 unspecified atom stereocenters. The first-order chi connectivity index (χ1) is 13.1. The lowest BCUT2D eigenvalue weighted by atomic mass is 9.80. The third-order valence-electron chi connectivity index (χ3n) is 6.06. The lowest BCUT2D eigenvalue weighted by molar-refractivity contribution is -0.0537. The molecule has 1 N–H and O–H groups in total. The molecule has 4 nitrogen and oxygen atoms in total. The normalized spacial score (nSPS) is 26.8. The fraction of sp³-hybridized carbons (Fsp3) is 0.435. The average Bonchev–Trinajstić information content (AvgIpc) is 2.99. The van der Waals surface area contributed by atoms with Crippen molar-refractivity contribution in [3.8, 4) is 0 Å². The molecule has 2 saturated heterocycles. The average molecular weight is 365 g/mol. The minimum Gasteiger partial charge on any atom is -0.445 e. The number of piperidine rings is 1. The predicted octanol–water partition coefficient (Wildman–Crippen LogP) is 4.40. The molecule has 0 aromatic heterocycles. The van der Waals surface area contributed by atoms with E-state index in [1.165, 1.54) is 5.56 Å². The van der Waals surface area contributed by atoms with E-state index >= 15 is 0 Å². The Balaban J connectivity index is 1.46. The van der Waals surface area contributed by atoms with Crippen molar-refractivity contribution in [3.63, 3.8) is 0 Å². The molecular formula is C23H27NO3. The highest BCUT2D eigenvalue weighted by molar-refractivity contribution is 5.69. The van der Waals surface area contributed by atoms with Crippen molar-refractivity contribution in [3.05, 3.63) is 71.3 Å². The molecule has 1 amide bonds. The Kier molecular flexibility index (Phi) is 4.92. The number of amides is 1. The third-order valence-corrected chi connectivity index (χ3v) is 6.06. The van der Waals surface area contributed by atoms with Crippen LogP contribution in [0.25, 0.3) is 0 Å². The molecule has 0 aliphatic carbocycles. The van der Waals surface area contributed by atoms with Crippen LogP contribution >= 0.6 is 0 Å². The zero-order valence-corrected chi connectivity index (χ0v) is 15.8. The minimum atomic E-state index is -0.854. The summed E-state index contributed by atoms with van der Waals surface area (Å²) in [5.41, 5.74) is 2.35. The number of aryl methyl sites for hydroxylation is 1. The Labute approximate surface area is 160 Å². The van der Waals surface area contributed by atoms with Gasteiger partial charge in [-0.2, -0.15) is 0 Å². The highest BCUT2D eigenvalue weighted by Gasteiger charge is 2.50. The van der Waals surface area contributed by atoms with E-state index in [9.17, 15) is 9.90 Å². The van der Waals surface area contributed by atoms with E-state index < -0.39 is 5.60 Å². The van der Waals surface area contributed by atoms with Crippen molar-refractivity contribution in [1.29, 1.82) is 0 Å². The van der Waals surface area contributed by atoms with Gasteiger partial charge < -0.3 is 14.7 Å². The summed E-state index contributed by atoms with van der Waals surface area (Å²) in [6.07, 6.45) is 3.72. The molecule has 2 atom stereocenters. The van der Waals surface area contributed by atoms with Gasteiger partial charge >= 0.3 is 6.09 Å². The fourth-order valence-electron chi connectivity index (χ4n) is 4.63. The molecule has 2 fully saturated rings. The van der Waals surface area contributed by atoms with Gasteiger partial charge in [-0.1, -0.05) is 61.5 Å². The number of carbonyl (C=O) groups is 1. The van der Waals surface area contributed by atoms with Crippen LogP contribution in [0.5, 0.6) is 0 Å². The summed E-state index contributed by atoms with van der Waals surface area (Å²) in [6, 6.07) is 18.1. The van der Waals surface area contributed by atoms with E-state index in [4.69, 9.17) is 4.74 Å². The van der Waals surface area contributed by atoms with Crippen LogP contribution in [0.4, 0.5) is 4.79 Å². The van der Waals surface area contributed by atoms with Gasteiger partial charge in [0.25, 0.3) is 0 Å². The van der Waals surface area contributed by atoms with Crippen molar-refractivity contribution in [2.75, 3.05) is 0 Å². The Hall–Kier alpha value is -2.33. The first kappa shape index (κ1) is 18.1. The van der Waals surface area contributed by atoms with E-state index in [1.54, 1.807) is 0 Å². The number of fused-ring (bicyclic) bond motifs is 2. The maximum atomic E-state index is 12.7. The molecule has 2 aliphatic rings. The van der Waals surface area contributed by atoms with Crippen molar-refractivity contribution >= 4 is 6.09 Å². The number of carbonyl (C=O) groups excluding carboxylic acids is 1. The quantitative estimate of drug-likeness (QED) is 0.874. The monoisotopic (exact) mass is 365 g/mol. The van der Waals surface area contributed by atoms with E-state index in [0.717, 1.165) is 30.4 Å². The maximum absolute atomic E-state index is 12.7. The lowest BCUT2D eigenvalue weighted by Gasteiger charge is -2.43. The standard InChI is InChI=1S/C23H27NO3/c1-2-17-9-6-10-19(13-17)23(26)14-20-11-12-21(15-23)24(20)22(25)27-16-18-7-4-3-5-8-18/h3-10,13,20-21,26H,2,11-12,14-16H2,1H3. The predicted molar refractivity (Wildman–Crippen MR) is 104 cm³/mol. The van der Waals surface area contributed by atoms with Crippen LogP contribution in [0.15, 0.2) is 54.6 Å². The van der Waals surface area contributed by atoms with Crippen molar-refractivity contribution < 1.29 is 14.6 Å². The van der Waals surface area contributed by atoms with Crippen LogP contribution in [0, 0.1) is 0 Å². The summed E-state index contributed by atoms with van der Waals surface area (Å²) in [7, 11) is 0. The number of benzene rings is 2. The molecule has 2 heterocycles. The molecule has 2 aliphatic heterocycles. The van der Waals surface area contributed by atoms with Crippen LogP contribution in [0.3, 0.4) is 0 Å². The van der Waals surface area contributed by atoms with Gasteiger partial charge in [0, 0.05) is 24.9 Å². The van der Waals surface area contributed by atoms with Gasteiger partial charge in [-0.05, 0) is 36.0 Å². The minimum absolute atomic E-state index is 0.0438. The largest absolute Gasteiger partial charge is 0.445 e. The summed E-state index contributed by atoms with van der Waals surface area (Å²) in [4.78, 5) is 14.6. The highest BCUT2D eigenvalue weighted by atomic mass is 16.6. The SMILES string of the molecule is CCc1cccc(C2(O)CC3CCC(C2)N3C(=O)OCc2ccccc2)c1. The second-order valence-electron chi connectivity index (χ2n) is 7.83. The second-order valence-corrected chi connectivity index (χ2v) is 7.83. The van der Waals surface area contributed by atoms with Crippen LogP contribution < -0.4 is 0 Å². The summed E-state index contributed by atoms with van der Waals surface area (Å²) in [6.45, 7) is 2.41. The van der Waals surface area contributed by atoms with Gasteiger partial charge in [0.05, 0.1) is 5.60 Å². The Bertz CT molecular complexity index is 790. The number of nitrogens with zero attached hydrogens (tertiary/aromatic N) is 1. The van der Waals surface area contributed by atoms with Crippen LogP contribution in [0.1, 0.15) is 49.3 Å². The molecule has 27 heavy (non-hydrogen) atoms. The smallest absolute Gasteiger partial charge is 0.410 e. The molecule has 2 aromatic carbocycles. The summed E-state index contributed by atoms with van der Waals surface area (Å²) in [5.74, 6) is 0. The molecule has 4 rings (SSSR count). The topological polar surface area (TPSA) is 49.8 Å². The fourth-order valence-corrected chi connectivity index (χ4v) is 4.63. The van der Waals surface area contributed by atoms with Gasteiger partial charge in [0.1, 0.15) is 6.61 Å². The number of rotatable bonds is 4. The van der Waals surface area contributed by atoms with Gasteiger partial charge in [-0.25, -0.2) is 4.79 Å². The van der Waals surface area contributed by atoms with Gasteiger partial charge in [-0.15, -0.1) is 0 Å². The number of hydrogen-bond donors (Lipinski definition) is 1. The number of aliphatic hydroxyl groups is 1. The molecule has 2 bridgehead atoms. The van der Waals surface area contributed by atoms with E-state index in [0.29, 0.717) is 19.4 Å². The van der Waals surface area contributed by atoms with Gasteiger partial charge in [-0.3, -0.25) is 0 Å². The van der Waals surface area contributed by atoms with E-state index in [1.807, 2.05) is 47.4 Å². The van der Waals surface area contributed by atoms with Gasteiger partial charge in [0.15, 0.2) is 0 Å². The zero-order valence-electron chi connectivity index (χ0n) is 15.8. The van der Waals surface area contributed by atoms with E-state index in [-0.39, 0.29) is 18.2 Å². The summed E-state index contributed by atoms with van der Waals surface area (Å²) >= 11 is 0. The molecule has 4 heteroatoms. The lowest BCUT2D eigenvalue weighted by Crippen LogP contribution is -2.52. The van der Waals surface area contributed by atoms with Gasteiger partial charge in [0.2, 0.25) is 0 Å². The maximum Gasteiger partial charge on any atom is 0.410 e. The first-order valence-electron chi connectivity index (χ1n) is 9.90. The third kappa shape index (κ3) is 3.59. The zero-order chi connectivity index (χ0) is 18.9. The Morgan fingerprint density at radius 3 is 2.41 bits per heavy atom. The molecule has 0 radical (unpaired) electrons. The Morgan fingerprint density at radius 2 is 1.74 bits per heavy atom. The molecule has 142 valence electrons. The second kappa shape index (κ2) is 7.35. The van der Waals surface area contributed by atoms with Crippen LogP contribution in [-0.2, 0) is 23.4 Å².